The zero-order valence-corrected chi connectivity index (χ0v) is 18.4. The average Bonchev–Trinajstić information content (AvgIpc) is 2.79. The Labute approximate surface area is 187 Å². The number of nitrogens with zero attached hydrogens (tertiary/aromatic N) is 1. The van der Waals surface area contributed by atoms with E-state index in [9.17, 15) is 14.4 Å². The Morgan fingerprint density at radius 3 is 2.41 bits per heavy atom. The summed E-state index contributed by atoms with van der Waals surface area (Å²) < 4.78 is 11.0. The molecule has 0 aliphatic rings. The number of para-hydroxylation sites is 1. The van der Waals surface area contributed by atoms with Gasteiger partial charge in [-0.15, -0.1) is 0 Å². The third-order valence-electron chi connectivity index (χ3n) is 4.29. The first-order chi connectivity index (χ1) is 15.4. The molecule has 170 valence electrons. The number of carbonyl (C=O) groups excluding carboxylic acids is 3. The summed E-state index contributed by atoms with van der Waals surface area (Å²) in [5, 5.41) is 9.08. The molecule has 0 bridgehead atoms. The second-order valence-corrected chi connectivity index (χ2v) is 6.81. The van der Waals surface area contributed by atoms with Crippen molar-refractivity contribution in [3.05, 3.63) is 54.1 Å². The number of rotatable bonds is 10. The number of ether oxygens (including phenoxy) is 2. The van der Waals surface area contributed by atoms with Crippen molar-refractivity contribution in [1.29, 1.82) is 0 Å². The van der Waals surface area contributed by atoms with Crippen LogP contribution in [-0.2, 0) is 14.4 Å². The van der Waals surface area contributed by atoms with Crippen LogP contribution in [-0.4, -0.2) is 43.2 Å². The molecule has 9 nitrogen and oxygen atoms in total. The van der Waals surface area contributed by atoms with Crippen molar-refractivity contribution < 1.29 is 23.9 Å². The fourth-order valence-electron chi connectivity index (χ4n) is 2.46. The standard InChI is InChI=1S/C23H28N4O5/c1-4-16(3)25-22(29)23(30)27-24-14-17-8-6-7-9-20(17)32-15-21(28)26-18-10-12-19(13-11-18)31-5-2/h6-14,16H,4-5,15H2,1-3H3,(H,25,29)(H,26,28)(H,27,30)/b24-14-/t16-/m0/s1. The lowest BCUT2D eigenvalue weighted by Crippen LogP contribution is -2.41. The van der Waals surface area contributed by atoms with Gasteiger partial charge in [-0.2, -0.15) is 5.10 Å². The highest BCUT2D eigenvalue weighted by atomic mass is 16.5. The van der Waals surface area contributed by atoms with E-state index in [0.717, 1.165) is 5.75 Å². The monoisotopic (exact) mass is 440 g/mol. The van der Waals surface area contributed by atoms with Crippen molar-refractivity contribution in [3.8, 4) is 11.5 Å². The second-order valence-electron chi connectivity index (χ2n) is 6.81. The Kier molecular flexibility index (Phi) is 9.70. The fraction of sp³-hybridized carbons (Fsp3) is 0.304. The predicted molar refractivity (Wildman–Crippen MR) is 122 cm³/mol. The fourth-order valence-corrected chi connectivity index (χ4v) is 2.46. The molecule has 0 aliphatic heterocycles. The van der Waals surface area contributed by atoms with E-state index in [1.807, 2.05) is 13.8 Å². The lowest BCUT2D eigenvalue weighted by molar-refractivity contribution is -0.139. The van der Waals surface area contributed by atoms with Crippen LogP contribution in [0.2, 0.25) is 0 Å². The third kappa shape index (κ3) is 8.10. The molecule has 0 saturated heterocycles. The SMILES string of the molecule is CCOc1ccc(NC(=O)COc2ccccc2/C=N\NC(=O)C(=O)N[C@@H](C)CC)cc1. The van der Waals surface area contributed by atoms with Gasteiger partial charge in [0.25, 0.3) is 5.91 Å². The van der Waals surface area contributed by atoms with Crippen molar-refractivity contribution >= 4 is 29.6 Å². The van der Waals surface area contributed by atoms with Crippen LogP contribution in [0.4, 0.5) is 5.69 Å². The molecular weight excluding hydrogens is 412 g/mol. The minimum absolute atomic E-state index is 0.111. The Bertz CT molecular complexity index is 944. The molecule has 0 aromatic heterocycles. The first kappa shape index (κ1) is 24.4. The van der Waals surface area contributed by atoms with Gasteiger partial charge in [-0.1, -0.05) is 19.1 Å². The molecule has 0 radical (unpaired) electrons. The van der Waals surface area contributed by atoms with Crippen molar-refractivity contribution in [2.24, 2.45) is 5.10 Å². The van der Waals surface area contributed by atoms with E-state index in [4.69, 9.17) is 9.47 Å². The summed E-state index contributed by atoms with van der Waals surface area (Å²) >= 11 is 0. The van der Waals surface area contributed by atoms with Gasteiger partial charge in [0.2, 0.25) is 0 Å². The van der Waals surface area contributed by atoms with Crippen LogP contribution >= 0.6 is 0 Å². The largest absolute Gasteiger partial charge is 0.494 e. The van der Waals surface area contributed by atoms with E-state index in [-0.39, 0.29) is 18.6 Å². The molecule has 3 N–H and O–H groups in total. The summed E-state index contributed by atoms with van der Waals surface area (Å²) in [4.78, 5) is 35.7. The zero-order valence-electron chi connectivity index (χ0n) is 18.4. The average molecular weight is 441 g/mol. The summed E-state index contributed by atoms with van der Waals surface area (Å²) in [5.74, 6) is -0.839. The summed E-state index contributed by atoms with van der Waals surface area (Å²) in [6.45, 7) is 5.94. The van der Waals surface area contributed by atoms with E-state index in [1.165, 1.54) is 6.21 Å². The Hall–Kier alpha value is -3.88. The molecular formula is C23H28N4O5. The number of benzene rings is 2. The van der Waals surface area contributed by atoms with Crippen LogP contribution in [0.15, 0.2) is 53.6 Å². The Morgan fingerprint density at radius 1 is 1.00 bits per heavy atom. The molecule has 2 rings (SSSR count). The Morgan fingerprint density at radius 2 is 1.72 bits per heavy atom. The van der Waals surface area contributed by atoms with Gasteiger partial charge in [-0.25, -0.2) is 5.43 Å². The number of anilines is 1. The molecule has 0 spiro atoms. The maximum atomic E-state index is 12.2. The van der Waals surface area contributed by atoms with Gasteiger partial charge in [0, 0.05) is 17.3 Å². The highest BCUT2D eigenvalue weighted by Gasteiger charge is 2.14. The number of amides is 3. The molecule has 3 amide bonds. The number of carbonyl (C=O) groups is 3. The zero-order chi connectivity index (χ0) is 23.3. The maximum Gasteiger partial charge on any atom is 0.329 e. The number of hydrazone groups is 1. The van der Waals surface area contributed by atoms with E-state index in [1.54, 1.807) is 55.5 Å². The highest BCUT2D eigenvalue weighted by molar-refractivity contribution is 6.35. The quantitative estimate of drug-likeness (QED) is 0.298. The summed E-state index contributed by atoms with van der Waals surface area (Å²) in [7, 11) is 0. The van der Waals surface area contributed by atoms with Crippen LogP contribution in [0.3, 0.4) is 0 Å². The molecule has 32 heavy (non-hydrogen) atoms. The van der Waals surface area contributed by atoms with Crippen molar-refractivity contribution in [2.75, 3.05) is 18.5 Å². The summed E-state index contributed by atoms with van der Waals surface area (Å²) in [5.41, 5.74) is 3.32. The minimum Gasteiger partial charge on any atom is -0.494 e. The summed E-state index contributed by atoms with van der Waals surface area (Å²) in [6, 6.07) is 13.8. The van der Waals surface area contributed by atoms with Crippen molar-refractivity contribution in [3.63, 3.8) is 0 Å². The van der Waals surface area contributed by atoms with Crippen molar-refractivity contribution in [2.45, 2.75) is 33.2 Å². The smallest absolute Gasteiger partial charge is 0.329 e. The van der Waals surface area contributed by atoms with Crippen LogP contribution in [0.1, 0.15) is 32.8 Å². The lowest BCUT2D eigenvalue weighted by atomic mass is 10.2. The van der Waals surface area contributed by atoms with Gasteiger partial charge in [0.15, 0.2) is 6.61 Å². The van der Waals surface area contributed by atoms with Gasteiger partial charge < -0.3 is 20.1 Å². The van der Waals surface area contributed by atoms with Crippen LogP contribution < -0.4 is 25.5 Å². The van der Waals surface area contributed by atoms with Crippen LogP contribution in [0.25, 0.3) is 0 Å². The van der Waals surface area contributed by atoms with E-state index >= 15 is 0 Å². The number of nitrogens with one attached hydrogen (secondary N) is 3. The van der Waals surface area contributed by atoms with Gasteiger partial charge >= 0.3 is 11.8 Å². The summed E-state index contributed by atoms with van der Waals surface area (Å²) in [6.07, 6.45) is 2.05. The predicted octanol–water partition coefficient (Wildman–Crippen LogP) is 2.47. The molecule has 0 heterocycles. The first-order valence-electron chi connectivity index (χ1n) is 10.3. The third-order valence-corrected chi connectivity index (χ3v) is 4.29. The lowest BCUT2D eigenvalue weighted by Gasteiger charge is -2.10. The highest BCUT2D eigenvalue weighted by Crippen LogP contribution is 2.17. The van der Waals surface area contributed by atoms with E-state index in [2.05, 4.69) is 21.2 Å². The number of hydrogen-bond donors (Lipinski definition) is 3. The van der Waals surface area contributed by atoms with Gasteiger partial charge in [-0.3, -0.25) is 14.4 Å². The minimum atomic E-state index is -0.866. The Balaban J connectivity index is 1.88. The molecule has 2 aromatic rings. The molecule has 0 saturated carbocycles. The second kappa shape index (κ2) is 12.7. The maximum absolute atomic E-state index is 12.2. The molecule has 0 aliphatic carbocycles. The van der Waals surface area contributed by atoms with Crippen LogP contribution in [0, 0.1) is 0 Å². The molecule has 0 fully saturated rings. The van der Waals surface area contributed by atoms with Gasteiger partial charge in [0.1, 0.15) is 11.5 Å². The number of hydrogen-bond acceptors (Lipinski definition) is 6. The normalized spacial score (nSPS) is 11.5. The molecule has 2 aromatic carbocycles. The van der Waals surface area contributed by atoms with E-state index in [0.29, 0.717) is 30.0 Å². The van der Waals surface area contributed by atoms with Gasteiger partial charge in [-0.05, 0) is 56.7 Å². The molecule has 0 unspecified atom stereocenters. The first-order valence-corrected chi connectivity index (χ1v) is 10.3. The molecule has 1 atom stereocenters. The molecule has 9 heteroatoms. The van der Waals surface area contributed by atoms with Crippen LogP contribution in [0.5, 0.6) is 11.5 Å². The van der Waals surface area contributed by atoms with Crippen molar-refractivity contribution in [1.82, 2.24) is 10.7 Å². The van der Waals surface area contributed by atoms with Gasteiger partial charge in [0.05, 0.1) is 12.8 Å². The van der Waals surface area contributed by atoms with E-state index < -0.39 is 11.8 Å². The topological polar surface area (TPSA) is 118 Å².